The number of nitrogens with zero attached hydrogens (tertiary/aromatic N) is 1. The van der Waals surface area contributed by atoms with E-state index in [0.29, 0.717) is 6.54 Å². The van der Waals surface area contributed by atoms with Crippen LogP contribution in [0.1, 0.15) is 11.3 Å². The number of aromatic nitrogens is 1. The van der Waals surface area contributed by atoms with Crippen LogP contribution in [0.5, 0.6) is 5.75 Å². The lowest BCUT2D eigenvalue weighted by Crippen LogP contribution is -2.05. The van der Waals surface area contributed by atoms with Gasteiger partial charge in [0.2, 0.25) is 0 Å². The summed E-state index contributed by atoms with van der Waals surface area (Å²) in [6, 6.07) is 6.20. The van der Waals surface area contributed by atoms with Crippen LogP contribution >= 0.6 is 0 Å². The minimum atomic E-state index is 0.636. The number of hydrogen-bond acceptors (Lipinski definition) is 3. The molecule has 0 bridgehead atoms. The SMILES string of the molecule is NCCc1nccc2ccc3c(c12)CCO3. The van der Waals surface area contributed by atoms with Crippen molar-refractivity contribution in [1.82, 2.24) is 4.98 Å². The van der Waals surface area contributed by atoms with Gasteiger partial charge in [-0.3, -0.25) is 4.98 Å². The molecule has 0 spiro atoms. The maximum Gasteiger partial charge on any atom is 0.123 e. The van der Waals surface area contributed by atoms with Crippen LogP contribution in [0.25, 0.3) is 10.8 Å². The first kappa shape index (κ1) is 9.60. The summed E-state index contributed by atoms with van der Waals surface area (Å²) < 4.78 is 5.58. The van der Waals surface area contributed by atoms with Crippen LogP contribution in [0.3, 0.4) is 0 Å². The zero-order valence-electron chi connectivity index (χ0n) is 9.07. The molecule has 1 aromatic heterocycles. The smallest absolute Gasteiger partial charge is 0.123 e. The van der Waals surface area contributed by atoms with Crippen molar-refractivity contribution in [3.63, 3.8) is 0 Å². The zero-order valence-corrected chi connectivity index (χ0v) is 9.07. The Labute approximate surface area is 94.2 Å². The number of fused-ring (bicyclic) bond motifs is 3. The lowest BCUT2D eigenvalue weighted by Gasteiger charge is -2.08. The highest BCUT2D eigenvalue weighted by Crippen LogP contribution is 2.33. The van der Waals surface area contributed by atoms with E-state index in [1.807, 2.05) is 12.3 Å². The van der Waals surface area contributed by atoms with Crippen molar-refractivity contribution < 1.29 is 4.74 Å². The van der Waals surface area contributed by atoms with Crippen LogP contribution < -0.4 is 10.5 Å². The number of ether oxygens (including phenoxy) is 1. The third-order valence-electron chi connectivity index (χ3n) is 3.07. The highest BCUT2D eigenvalue weighted by atomic mass is 16.5. The van der Waals surface area contributed by atoms with Crippen molar-refractivity contribution in [3.8, 4) is 5.75 Å². The van der Waals surface area contributed by atoms with Crippen molar-refractivity contribution in [2.75, 3.05) is 13.2 Å². The van der Waals surface area contributed by atoms with E-state index in [1.165, 1.54) is 16.3 Å². The Bertz CT molecular complexity index is 537. The van der Waals surface area contributed by atoms with Gasteiger partial charge in [0.05, 0.1) is 6.61 Å². The van der Waals surface area contributed by atoms with Crippen molar-refractivity contribution in [2.45, 2.75) is 12.8 Å². The standard InChI is InChI=1S/C13H14N2O/c14-6-3-11-13-9(4-7-15-11)1-2-12-10(13)5-8-16-12/h1-2,4,7H,3,5-6,8,14H2. The minimum Gasteiger partial charge on any atom is -0.493 e. The Hall–Kier alpha value is -1.61. The van der Waals surface area contributed by atoms with Crippen LogP contribution in [0.2, 0.25) is 0 Å². The Balaban J connectivity index is 2.31. The quantitative estimate of drug-likeness (QED) is 0.827. The predicted octanol–water partition coefficient (Wildman–Crippen LogP) is 1.67. The molecule has 2 aromatic rings. The minimum absolute atomic E-state index is 0.636. The van der Waals surface area contributed by atoms with Crippen molar-refractivity contribution in [1.29, 1.82) is 0 Å². The van der Waals surface area contributed by atoms with Crippen molar-refractivity contribution in [3.05, 3.63) is 35.7 Å². The normalized spacial score (nSPS) is 13.8. The number of benzene rings is 1. The second-order valence-electron chi connectivity index (χ2n) is 4.04. The zero-order chi connectivity index (χ0) is 11.0. The van der Waals surface area contributed by atoms with Gasteiger partial charge in [0, 0.05) is 35.7 Å². The number of nitrogens with two attached hydrogens (primary N) is 1. The average Bonchev–Trinajstić information content (AvgIpc) is 2.77. The molecule has 0 saturated heterocycles. The Morgan fingerprint density at radius 3 is 3.12 bits per heavy atom. The van der Waals surface area contributed by atoms with Crippen LogP contribution in [0, 0.1) is 0 Å². The van der Waals surface area contributed by atoms with Gasteiger partial charge in [0.1, 0.15) is 5.75 Å². The molecule has 0 fully saturated rings. The molecule has 0 radical (unpaired) electrons. The molecule has 3 nitrogen and oxygen atoms in total. The molecule has 1 aromatic carbocycles. The first-order valence-corrected chi connectivity index (χ1v) is 5.62. The predicted molar refractivity (Wildman–Crippen MR) is 63.7 cm³/mol. The van der Waals surface area contributed by atoms with Gasteiger partial charge >= 0.3 is 0 Å². The highest BCUT2D eigenvalue weighted by molar-refractivity contribution is 5.90. The van der Waals surface area contributed by atoms with Crippen LogP contribution in [-0.4, -0.2) is 18.1 Å². The molecular weight excluding hydrogens is 200 g/mol. The maximum absolute atomic E-state index is 5.63. The summed E-state index contributed by atoms with van der Waals surface area (Å²) in [5.41, 5.74) is 8.02. The van der Waals surface area contributed by atoms with Gasteiger partial charge in [-0.2, -0.15) is 0 Å². The van der Waals surface area contributed by atoms with Crippen LogP contribution in [0.15, 0.2) is 24.4 Å². The summed E-state index contributed by atoms with van der Waals surface area (Å²) in [6.45, 7) is 1.42. The molecule has 0 unspecified atom stereocenters. The fourth-order valence-electron chi connectivity index (χ4n) is 2.37. The average molecular weight is 214 g/mol. The van der Waals surface area contributed by atoms with Gasteiger partial charge in [0.15, 0.2) is 0 Å². The molecule has 3 heteroatoms. The molecule has 2 N–H and O–H groups in total. The molecule has 16 heavy (non-hydrogen) atoms. The van der Waals surface area contributed by atoms with Crippen LogP contribution in [-0.2, 0) is 12.8 Å². The van der Waals surface area contributed by atoms with E-state index in [0.717, 1.165) is 30.9 Å². The summed E-state index contributed by atoms with van der Waals surface area (Å²) in [5, 5.41) is 2.49. The van der Waals surface area contributed by atoms with Gasteiger partial charge < -0.3 is 10.5 Å². The molecule has 0 atom stereocenters. The van der Waals surface area contributed by atoms with E-state index < -0.39 is 0 Å². The fourth-order valence-corrected chi connectivity index (χ4v) is 2.37. The van der Waals surface area contributed by atoms with E-state index in [4.69, 9.17) is 10.5 Å². The molecule has 82 valence electrons. The van der Waals surface area contributed by atoms with Gasteiger partial charge in [0.25, 0.3) is 0 Å². The Morgan fingerprint density at radius 2 is 2.25 bits per heavy atom. The topological polar surface area (TPSA) is 48.1 Å². The molecule has 3 rings (SSSR count). The fraction of sp³-hybridized carbons (Fsp3) is 0.308. The molecule has 2 heterocycles. The monoisotopic (exact) mass is 214 g/mol. The molecule has 1 aliphatic heterocycles. The summed E-state index contributed by atoms with van der Waals surface area (Å²) in [6.07, 6.45) is 3.67. The number of rotatable bonds is 2. The second kappa shape index (κ2) is 3.76. The third-order valence-corrected chi connectivity index (χ3v) is 3.07. The van der Waals surface area contributed by atoms with E-state index in [1.54, 1.807) is 0 Å². The lowest BCUT2D eigenvalue weighted by molar-refractivity contribution is 0.357. The second-order valence-corrected chi connectivity index (χ2v) is 4.04. The summed E-state index contributed by atoms with van der Waals surface area (Å²) in [7, 11) is 0. The third kappa shape index (κ3) is 1.36. The highest BCUT2D eigenvalue weighted by Gasteiger charge is 2.17. The van der Waals surface area contributed by atoms with Gasteiger partial charge in [-0.05, 0) is 24.1 Å². The molecule has 1 aliphatic rings. The van der Waals surface area contributed by atoms with E-state index >= 15 is 0 Å². The first-order chi connectivity index (χ1) is 7.90. The molecular formula is C13H14N2O. The van der Waals surface area contributed by atoms with Crippen LogP contribution in [0.4, 0.5) is 0 Å². The summed E-state index contributed by atoms with van der Waals surface area (Å²) >= 11 is 0. The molecule has 0 saturated carbocycles. The number of pyridine rings is 1. The number of hydrogen-bond donors (Lipinski definition) is 1. The largest absolute Gasteiger partial charge is 0.493 e. The Kier molecular flexibility index (Phi) is 2.26. The first-order valence-electron chi connectivity index (χ1n) is 5.62. The molecule has 0 aliphatic carbocycles. The molecule has 0 amide bonds. The van der Waals surface area contributed by atoms with Gasteiger partial charge in [-0.15, -0.1) is 0 Å². The van der Waals surface area contributed by atoms with E-state index in [9.17, 15) is 0 Å². The van der Waals surface area contributed by atoms with E-state index in [-0.39, 0.29) is 0 Å². The summed E-state index contributed by atoms with van der Waals surface area (Å²) in [4.78, 5) is 4.44. The summed E-state index contributed by atoms with van der Waals surface area (Å²) in [5.74, 6) is 1.01. The Morgan fingerprint density at radius 1 is 1.31 bits per heavy atom. The van der Waals surface area contributed by atoms with Crippen molar-refractivity contribution >= 4 is 10.8 Å². The maximum atomic E-state index is 5.63. The van der Waals surface area contributed by atoms with Crippen molar-refractivity contribution in [2.24, 2.45) is 5.73 Å². The van der Waals surface area contributed by atoms with Gasteiger partial charge in [-0.1, -0.05) is 6.07 Å². The van der Waals surface area contributed by atoms with E-state index in [2.05, 4.69) is 17.1 Å². The lowest BCUT2D eigenvalue weighted by atomic mass is 10.0. The van der Waals surface area contributed by atoms with Gasteiger partial charge in [-0.25, -0.2) is 0 Å².